The predicted octanol–water partition coefficient (Wildman–Crippen LogP) is 2.92. The van der Waals surface area contributed by atoms with Crippen LogP contribution in [-0.2, 0) is 4.74 Å². The largest absolute Gasteiger partial charge is 0.486 e. The molecule has 0 radical (unpaired) electrons. The van der Waals surface area contributed by atoms with E-state index >= 15 is 0 Å². The second-order valence-electron chi connectivity index (χ2n) is 6.69. The average molecular weight is 291 g/mol. The van der Waals surface area contributed by atoms with Gasteiger partial charge in [0.25, 0.3) is 0 Å². The Kier molecular flexibility index (Phi) is 4.09. The van der Waals surface area contributed by atoms with Gasteiger partial charge in [0.2, 0.25) is 0 Å². The number of fused-ring (bicyclic) bond motifs is 1. The van der Waals surface area contributed by atoms with Crippen molar-refractivity contribution >= 4 is 0 Å². The Morgan fingerprint density at radius 2 is 2.00 bits per heavy atom. The zero-order chi connectivity index (χ0) is 14.9. The van der Waals surface area contributed by atoms with Crippen molar-refractivity contribution in [3.8, 4) is 11.5 Å². The molecule has 2 unspecified atom stereocenters. The first-order valence-electron chi connectivity index (χ1n) is 7.84. The molecule has 0 saturated carbocycles. The molecule has 1 aromatic rings. The zero-order valence-corrected chi connectivity index (χ0v) is 13.1. The molecule has 3 rings (SSSR count). The highest BCUT2D eigenvalue weighted by atomic mass is 16.6. The molecule has 1 fully saturated rings. The molecule has 0 spiro atoms. The maximum absolute atomic E-state index is 6.40. The van der Waals surface area contributed by atoms with Crippen molar-refractivity contribution in [3.05, 3.63) is 23.8 Å². The Bertz CT molecular complexity index is 503. The normalized spacial score (nSPS) is 28.7. The highest BCUT2D eigenvalue weighted by Gasteiger charge is 2.34. The quantitative estimate of drug-likeness (QED) is 0.929. The standard InChI is InChI=1S/C17H25NO3/c1-12(2)9-17(3)11-18-10-16(21-17)13-4-5-14-15(8-13)20-7-6-19-14/h4-5,8,12,16,18H,6-7,9-11H2,1-3H3. The van der Waals surface area contributed by atoms with Gasteiger partial charge in [-0.05, 0) is 37.0 Å². The van der Waals surface area contributed by atoms with Crippen LogP contribution in [0.3, 0.4) is 0 Å². The Balaban J connectivity index is 1.77. The van der Waals surface area contributed by atoms with Crippen LogP contribution in [0.5, 0.6) is 11.5 Å². The molecule has 2 aliphatic rings. The maximum atomic E-state index is 6.40. The molecule has 21 heavy (non-hydrogen) atoms. The molecule has 2 atom stereocenters. The van der Waals surface area contributed by atoms with Gasteiger partial charge in [0, 0.05) is 13.1 Å². The molecule has 1 aromatic carbocycles. The molecule has 0 aromatic heterocycles. The van der Waals surface area contributed by atoms with E-state index in [0.717, 1.165) is 36.6 Å². The van der Waals surface area contributed by atoms with E-state index in [2.05, 4.69) is 38.2 Å². The lowest BCUT2D eigenvalue weighted by Crippen LogP contribution is -2.49. The fraction of sp³-hybridized carbons (Fsp3) is 0.647. The average Bonchev–Trinajstić information content (AvgIpc) is 2.45. The van der Waals surface area contributed by atoms with E-state index in [1.165, 1.54) is 0 Å². The SMILES string of the molecule is CC(C)CC1(C)CNCC(c2ccc3c(c2)OCCO3)O1. The summed E-state index contributed by atoms with van der Waals surface area (Å²) in [5.41, 5.74) is 1.05. The van der Waals surface area contributed by atoms with Crippen molar-refractivity contribution in [3.63, 3.8) is 0 Å². The van der Waals surface area contributed by atoms with Crippen LogP contribution in [0.1, 0.15) is 38.9 Å². The van der Waals surface area contributed by atoms with E-state index in [-0.39, 0.29) is 11.7 Å². The van der Waals surface area contributed by atoms with Gasteiger partial charge in [0.15, 0.2) is 11.5 Å². The van der Waals surface area contributed by atoms with Crippen LogP contribution < -0.4 is 14.8 Å². The van der Waals surface area contributed by atoms with E-state index in [1.807, 2.05) is 6.07 Å². The summed E-state index contributed by atoms with van der Waals surface area (Å²) in [5.74, 6) is 2.29. The molecule has 4 heteroatoms. The molecule has 0 amide bonds. The maximum Gasteiger partial charge on any atom is 0.161 e. The van der Waals surface area contributed by atoms with Crippen LogP contribution in [0, 0.1) is 5.92 Å². The summed E-state index contributed by atoms with van der Waals surface area (Å²) >= 11 is 0. The highest BCUT2D eigenvalue weighted by Crippen LogP contribution is 2.36. The predicted molar refractivity (Wildman–Crippen MR) is 82.0 cm³/mol. The minimum Gasteiger partial charge on any atom is -0.486 e. The molecule has 0 aliphatic carbocycles. The lowest BCUT2D eigenvalue weighted by molar-refractivity contribution is -0.117. The summed E-state index contributed by atoms with van der Waals surface area (Å²) in [6.07, 6.45) is 1.12. The summed E-state index contributed by atoms with van der Waals surface area (Å²) in [6.45, 7) is 9.67. The molecular weight excluding hydrogens is 266 g/mol. The highest BCUT2D eigenvalue weighted by molar-refractivity contribution is 5.44. The van der Waals surface area contributed by atoms with Gasteiger partial charge in [0.05, 0.1) is 11.7 Å². The van der Waals surface area contributed by atoms with Crippen LogP contribution in [0.4, 0.5) is 0 Å². The van der Waals surface area contributed by atoms with Gasteiger partial charge in [-0.15, -0.1) is 0 Å². The second-order valence-corrected chi connectivity index (χ2v) is 6.69. The van der Waals surface area contributed by atoms with Crippen LogP contribution in [0.25, 0.3) is 0 Å². The van der Waals surface area contributed by atoms with Crippen molar-refractivity contribution < 1.29 is 14.2 Å². The van der Waals surface area contributed by atoms with Gasteiger partial charge in [-0.3, -0.25) is 0 Å². The summed E-state index contributed by atoms with van der Waals surface area (Å²) in [4.78, 5) is 0. The third kappa shape index (κ3) is 3.33. The van der Waals surface area contributed by atoms with Gasteiger partial charge in [-0.2, -0.15) is 0 Å². The van der Waals surface area contributed by atoms with E-state index < -0.39 is 0 Å². The van der Waals surface area contributed by atoms with Crippen LogP contribution in [0.15, 0.2) is 18.2 Å². The zero-order valence-electron chi connectivity index (χ0n) is 13.1. The molecule has 1 saturated heterocycles. The van der Waals surface area contributed by atoms with E-state index in [1.54, 1.807) is 0 Å². The van der Waals surface area contributed by atoms with Gasteiger partial charge >= 0.3 is 0 Å². The monoisotopic (exact) mass is 291 g/mol. The molecule has 1 N–H and O–H groups in total. The third-order valence-corrected chi connectivity index (χ3v) is 4.03. The van der Waals surface area contributed by atoms with Gasteiger partial charge in [0.1, 0.15) is 13.2 Å². The number of rotatable bonds is 3. The Hall–Kier alpha value is -1.26. The first-order chi connectivity index (χ1) is 10.1. The third-order valence-electron chi connectivity index (χ3n) is 4.03. The van der Waals surface area contributed by atoms with E-state index in [9.17, 15) is 0 Å². The minimum atomic E-state index is -0.107. The van der Waals surface area contributed by atoms with Gasteiger partial charge < -0.3 is 19.5 Å². The van der Waals surface area contributed by atoms with Crippen molar-refractivity contribution in [2.24, 2.45) is 5.92 Å². The number of hydrogen-bond donors (Lipinski definition) is 1. The second kappa shape index (κ2) is 5.85. The number of ether oxygens (including phenoxy) is 3. The number of morpholine rings is 1. The lowest BCUT2D eigenvalue weighted by Gasteiger charge is -2.40. The minimum absolute atomic E-state index is 0.0679. The smallest absolute Gasteiger partial charge is 0.161 e. The molecule has 4 nitrogen and oxygen atoms in total. The molecule has 2 heterocycles. The Labute approximate surface area is 126 Å². The van der Waals surface area contributed by atoms with E-state index in [4.69, 9.17) is 14.2 Å². The van der Waals surface area contributed by atoms with Crippen molar-refractivity contribution in [2.75, 3.05) is 26.3 Å². The van der Waals surface area contributed by atoms with E-state index in [0.29, 0.717) is 19.1 Å². The van der Waals surface area contributed by atoms with Crippen molar-refractivity contribution in [1.82, 2.24) is 5.32 Å². The van der Waals surface area contributed by atoms with Crippen LogP contribution in [-0.4, -0.2) is 31.9 Å². The Morgan fingerprint density at radius 1 is 1.24 bits per heavy atom. The fourth-order valence-electron chi connectivity index (χ4n) is 3.32. The van der Waals surface area contributed by atoms with Gasteiger partial charge in [-0.25, -0.2) is 0 Å². The number of hydrogen-bond acceptors (Lipinski definition) is 4. The van der Waals surface area contributed by atoms with Crippen LogP contribution >= 0.6 is 0 Å². The summed E-state index contributed by atoms with van der Waals surface area (Å²) in [5, 5.41) is 3.51. The molecular formula is C17H25NO3. The molecule has 116 valence electrons. The number of nitrogens with one attached hydrogen (secondary N) is 1. The first-order valence-corrected chi connectivity index (χ1v) is 7.84. The lowest BCUT2D eigenvalue weighted by atomic mass is 9.91. The first kappa shape index (κ1) is 14.7. The fourth-order valence-corrected chi connectivity index (χ4v) is 3.32. The summed E-state index contributed by atoms with van der Waals surface area (Å²) < 4.78 is 17.7. The van der Waals surface area contributed by atoms with Crippen molar-refractivity contribution in [2.45, 2.75) is 38.9 Å². The number of benzene rings is 1. The van der Waals surface area contributed by atoms with Gasteiger partial charge in [-0.1, -0.05) is 19.9 Å². The molecule has 0 bridgehead atoms. The summed E-state index contributed by atoms with van der Waals surface area (Å²) in [6, 6.07) is 6.13. The van der Waals surface area contributed by atoms with Crippen molar-refractivity contribution in [1.29, 1.82) is 0 Å². The Morgan fingerprint density at radius 3 is 2.76 bits per heavy atom. The van der Waals surface area contributed by atoms with Crippen LogP contribution in [0.2, 0.25) is 0 Å². The topological polar surface area (TPSA) is 39.7 Å². The summed E-state index contributed by atoms with van der Waals surface area (Å²) in [7, 11) is 0. The molecule has 2 aliphatic heterocycles.